The monoisotopic (exact) mass is 520 g/mol. The van der Waals surface area contributed by atoms with Gasteiger partial charge < -0.3 is 20.4 Å². The van der Waals surface area contributed by atoms with Crippen molar-refractivity contribution in [1.82, 2.24) is 0 Å². The van der Waals surface area contributed by atoms with E-state index in [2.05, 4.69) is 6.92 Å². The minimum absolute atomic E-state index is 0.0805. The van der Waals surface area contributed by atoms with Gasteiger partial charge in [0, 0.05) is 17.4 Å². The predicted molar refractivity (Wildman–Crippen MR) is 131 cm³/mol. The zero-order valence-electron chi connectivity index (χ0n) is 20.3. The molecule has 4 N–H and O–H groups in total. The highest BCUT2D eigenvalue weighted by Crippen LogP contribution is 2.39. The smallest absolute Gasteiger partial charge is 0.416 e. The fraction of sp³-hybridized carbons (Fsp3) is 0.731. The Labute approximate surface area is 210 Å². The van der Waals surface area contributed by atoms with Crippen LogP contribution in [0.3, 0.4) is 0 Å². The maximum absolute atomic E-state index is 12.8. The third-order valence-corrected chi connectivity index (χ3v) is 8.49. The van der Waals surface area contributed by atoms with Gasteiger partial charge in [-0.1, -0.05) is 57.6 Å². The Morgan fingerprint density at radius 3 is 2.29 bits per heavy atom. The number of halogens is 3. The first-order valence-corrected chi connectivity index (χ1v) is 13.6. The van der Waals surface area contributed by atoms with E-state index in [1.54, 1.807) is 0 Å². The summed E-state index contributed by atoms with van der Waals surface area (Å²) in [6.07, 6.45) is 1.20. The number of alkyl halides is 3. The first-order valence-electron chi connectivity index (χ1n) is 12.6. The lowest BCUT2D eigenvalue weighted by Gasteiger charge is -2.24. The lowest BCUT2D eigenvalue weighted by Crippen LogP contribution is -2.27. The number of hydrogen-bond donors (Lipinski definition) is 4. The molecule has 0 saturated heterocycles. The van der Waals surface area contributed by atoms with E-state index < -0.39 is 41.9 Å². The molecule has 1 aliphatic carbocycles. The standard InChI is InChI=1S/C26H39F3O5S/c1-2-3-5-8-19(30)16-35-24-21(22(31)15-23(24)32)10-7-4-6-9-20(25(33)34)17-11-13-18(14-12-17)26(27,28)29/h11-14,19-24,30-32H,2-10,15-16H2,1H3,(H,33,34)/t19?,20?,21-,22?,23?,24+/m0/s1. The summed E-state index contributed by atoms with van der Waals surface area (Å²) in [4.78, 5) is 11.7. The van der Waals surface area contributed by atoms with Gasteiger partial charge in [-0.15, -0.1) is 0 Å². The Kier molecular flexibility index (Phi) is 12.4. The molecule has 0 aliphatic heterocycles. The van der Waals surface area contributed by atoms with Crippen LogP contribution >= 0.6 is 11.8 Å². The van der Waals surface area contributed by atoms with E-state index >= 15 is 0 Å². The summed E-state index contributed by atoms with van der Waals surface area (Å²) < 4.78 is 38.3. The highest BCUT2D eigenvalue weighted by atomic mass is 32.2. The highest BCUT2D eigenvalue weighted by Gasteiger charge is 2.41. The topological polar surface area (TPSA) is 98.0 Å². The summed E-state index contributed by atoms with van der Waals surface area (Å²) in [6, 6.07) is 4.29. The fourth-order valence-electron chi connectivity index (χ4n) is 4.83. The van der Waals surface area contributed by atoms with Crippen LogP contribution in [0.25, 0.3) is 0 Å². The lowest BCUT2D eigenvalue weighted by atomic mass is 9.91. The van der Waals surface area contributed by atoms with E-state index in [1.807, 2.05) is 0 Å². The second-order valence-electron chi connectivity index (χ2n) is 9.63. The van der Waals surface area contributed by atoms with Gasteiger partial charge in [0.2, 0.25) is 0 Å². The first kappa shape index (κ1) is 29.9. The Morgan fingerprint density at radius 1 is 1.03 bits per heavy atom. The zero-order valence-corrected chi connectivity index (χ0v) is 21.1. The van der Waals surface area contributed by atoms with Gasteiger partial charge in [-0.05, 0) is 42.9 Å². The molecule has 9 heteroatoms. The van der Waals surface area contributed by atoms with Gasteiger partial charge in [-0.2, -0.15) is 24.9 Å². The molecule has 1 fully saturated rings. The van der Waals surface area contributed by atoms with Crippen LogP contribution in [0.5, 0.6) is 0 Å². The van der Waals surface area contributed by atoms with Crippen LogP contribution in [0.4, 0.5) is 13.2 Å². The highest BCUT2D eigenvalue weighted by molar-refractivity contribution is 8.00. The van der Waals surface area contributed by atoms with E-state index in [9.17, 15) is 38.4 Å². The maximum Gasteiger partial charge on any atom is 0.416 e. The summed E-state index contributed by atoms with van der Waals surface area (Å²) >= 11 is 1.53. The molecule has 0 bridgehead atoms. The van der Waals surface area contributed by atoms with Gasteiger partial charge in [-0.25, -0.2) is 0 Å². The van der Waals surface area contributed by atoms with E-state index in [-0.39, 0.29) is 11.2 Å². The first-order chi connectivity index (χ1) is 16.5. The number of thioether (sulfide) groups is 1. The number of rotatable bonds is 15. The molecule has 0 aromatic heterocycles. The van der Waals surface area contributed by atoms with Crippen molar-refractivity contribution >= 4 is 17.7 Å². The van der Waals surface area contributed by atoms with Crippen LogP contribution in [0, 0.1) is 5.92 Å². The molecular weight excluding hydrogens is 481 g/mol. The molecule has 200 valence electrons. The molecule has 1 saturated carbocycles. The molecule has 6 atom stereocenters. The zero-order chi connectivity index (χ0) is 26.0. The van der Waals surface area contributed by atoms with Crippen LogP contribution < -0.4 is 0 Å². The summed E-state index contributed by atoms with van der Waals surface area (Å²) in [5, 5.41) is 40.4. The second-order valence-corrected chi connectivity index (χ2v) is 10.8. The molecular formula is C26H39F3O5S. The SMILES string of the molecule is CCCCCC(O)CS[C@H]1C(O)CC(O)[C@@H]1CCCCCC(C(=O)O)c1ccc(C(F)(F)F)cc1. The van der Waals surface area contributed by atoms with Gasteiger partial charge in [0.25, 0.3) is 0 Å². The largest absolute Gasteiger partial charge is 0.481 e. The third kappa shape index (κ3) is 9.59. The molecule has 1 aromatic carbocycles. The molecule has 0 amide bonds. The van der Waals surface area contributed by atoms with Gasteiger partial charge in [0.05, 0.1) is 29.8 Å². The molecule has 0 spiro atoms. The third-order valence-electron chi connectivity index (χ3n) is 6.87. The van der Waals surface area contributed by atoms with Crippen molar-refractivity contribution in [2.24, 2.45) is 5.92 Å². The van der Waals surface area contributed by atoms with Crippen LogP contribution in [0.15, 0.2) is 24.3 Å². The number of carboxylic acids is 1. The predicted octanol–water partition coefficient (Wildman–Crippen LogP) is 5.61. The van der Waals surface area contributed by atoms with Crippen molar-refractivity contribution in [3.8, 4) is 0 Å². The molecule has 2 rings (SSSR count). The van der Waals surface area contributed by atoms with E-state index in [4.69, 9.17) is 0 Å². The Balaban J connectivity index is 1.80. The Bertz CT molecular complexity index is 758. The van der Waals surface area contributed by atoms with Crippen LogP contribution in [-0.2, 0) is 11.0 Å². The Morgan fingerprint density at radius 2 is 1.69 bits per heavy atom. The second kappa shape index (κ2) is 14.4. The molecule has 1 aliphatic rings. The number of unbranched alkanes of at least 4 members (excludes halogenated alkanes) is 4. The minimum Gasteiger partial charge on any atom is -0.481 e. The van der Waals surface area contributed by atoms with Crippen LogP contribution in [0.2, 0.25) is 0 Å². The molecule has 0 radical (unpaired) electrons. The summed E-state index contributed by atoms with van der Waals surface area (Å²) in [5.74, 6) is -1.48. The average molecular weight is 521 g/mol. The van der Waals surface area contributed by atoms with Crippen LogP contribution in [0.1, 0.15) is 88.2 Å². The number of carboxylic acid groups (broad SMARTS) is 1. The summed E-state index contributed by atoms with van der Waals surface area (Å²) in [7, 11) is 0. The van der Waals surface area contributed by atoms with Crippen molar-refractivity contribution in [2.45, 2.75) is 107 Å². The summed E-state index contributed by atoms with van der Waals surface area (Å²) in [5.41, 5.74) is -0.447. The quantitative estimate of drug-likeness (QED) is 0.225. The van der Waals surface area contributed by atoms with E-state index in [0.29, 0.717) is 37.0 Å². The van der Waals surface area contributed by atoms with Crippen molar-refractivity contribution < 1.29 is 38.4 Å². The number of carbonyl (C=O) groups is 1. The average Bonchev–Trinajstić information content (AvgIpc) is 3.06. The van der Waals surface area contributed by atoms with Gasteiger partial charge in [0.1, 0.15) is 0 Å². The van der Waals surface area contributed by atoms with Gasteiger partial charge >= 0.3 is 12.1 Å². The Hall–Kier alpha value is -1.29. The van der Waals surface area contributed by atoms with Crippen LogP contribution in [-0.4, -0.2) is 55.7 Å². The number of aliphatic hydroxyl groups is 3. The van der Waals surface area contributed by atoms with Gasteiger partial charge in [0.15, 0.2) is 0 Å². The molecule has 4 unspecified atom stereocenters. The minimum atomic E-state index is -4.46. The van der Waals surface area contributed by atoms with E-state index in [0.717, 1.165) is 50.7 Å². The molecule has 35 heavy (non-hydrogen) atoms. The number of aliphatic hydroxyl groups excluding tert-OH is 3. The molecule has 0 heterocycles. The van der Waals surface area contributed by atoms with Gasteiger partial charge in [-0.3, -0.25) is 4.79 Å². The number of benzene rings is 1. The van der Waals surface area contributed by atoms with Crippen molar-refractivity contribution in [2.75, 3.05) is 5.75 Å². The number of hydrogen-bond acceptors (Lipinski definition) is 5. The maximum atomic E-state index is 12.8. The normalized spacial score (nSPS) is 24.4. The lowest BCUT2D eigenvalue weighted by molar-refractivity contribution is -0.139. The van der Waals surface area contributed by atoms with Crippen molar-refractivity contribution in [3.05, 3.63) is 35.4 Å². The van der Waals surface area contributed by atoms with E-state index in [1.165, 1.54) is 23.9 Å². The fourth-order valence-corrected chi connectivity index (χ4v) is 6.34. The van der Waals surface area contributed by atoms with Crippen molar-refractivity contribution in [1.29, 1.82) is 0 Å². The number of aliphatic carboxylic acids is 1. The summed E-state index contributed by atoms with van der Waals surface area (Å²) in [6.45, 7) is 2.11. The molecule has 5 nitrogen and oxygen atoms in total. The van der Waals surface area contributed by atoms with Crippen molar-refractivity contribution in [3.63, 3.8) is 0 Å². The molecule has 1 aromatic rings.